The zero-order valence-corrected chi connectivity index (χ0v) is 20.9. The van der Waals surface area contributed by atoms with Gasteiger partial charge in [0.05, 0.1) is 12.9 Å². The quantitative estimate of drug-likeness (QED) is 0.337. The zero-order valence-electron chi connectivity index (χ0n) is 19.3. The molecule has 0 amide bonds. The summed E-state index contributed by atoms with van der Waals surface area (Å²) in [5, 5.41) is 0. The molecule has 2 fully saturated rings. The van der Waals surface area contributed by atoms with Crippen molar-refractivity contribution in [1.82, 2.24) is 0 Å². The summed E-state index contributed by atoms with van der Waals surface area (Å²) in [5.41, 5.74) is 0.365. The van der Waals surface area contributed by atoms with Gasteiger partial charge in [-0.1, -0.05) is 91.0 Å². The summed E-state index contributed by atoms with van der Waals surface area (Å²) in [7, 11) is -9.22. The summed E-state index contributed by atoms with van der Waals surface area (Å²) in [5.74, 6) is -0.531. The van der Waals surface area contributed by atoms with Gasteiger partial charge in [-0.15, -0.1) is 0 Å². The minimum absolute atomic E-state index is 0.0210. The van der Waals surface area contributed by atoms with E-state index >= 15 is 0 Å². The summed E-state index contributed by atoms with van der Waals surface area (Å²) in [4.78, 5) is 12.9. The number of hydrogen-bond acceptors (Lipinski definition) is 6. The van der Waals surface area contributed by atoms with Gasteiger partial charge >= 0.3 is 0 Å². The van der Waals surface area contributed by atoms with Crippen LogP contribution in [0, 0.1) is 5.41 Å². The largest absolute Gasteiger partial charge is 0.360 e. The molecule has 2 aliphatic rings. The first-order chi connectivity index (χ1) is 16.6. The predicted octanol–water partition coefficient (Wildman–Crippen LogP) is 3.86. The molecule has 0 spiro atoms. The molecular weight excluding hydrogens is 484 g/mol. The average Bonchev–Trinajstić information content (AvgIpc) is 3.47. The molecule has 3 aromatic rings. The van der Waals surface area contributed by atoms with Gasteiger partial charge in [0.25, 0.3) is 17.7 Å². The van der Waals surface area contributed by atoms with E-state index in [4.69, 9.17) is 4.74 Å². The first kappa shape index (κ1) is 23.9. The van der Waals surface area contributed by atoms with E-state index in [9.17, 15) is 21.6 Å². The molecule has 35 heavy (non-hydrogen) atoms. The van der Waals surface area contributed by atoms with E-state index in [0.717, 1.165) is 16.7 Å². The highest BCUT2D eigenvalue weighted by Crippen LogP contribution is 2.70. The van der Waals surface area contributed by atoms with Crippen molar-refractivity contribution in [2.24, 2.45) is 5.41 Å². The maximum atomic E-state index is 13.1. The highest BCUT2D eigenvalue weighted by Gasteiger charge is 2.83. The molecule has 0 aliphatic heterocycles. The Labute approximate surface area is 205 Å². The van der Waals surface area contributed by atoms with Gasteiger partial charge in [-0.2, -0.15) is 0 Å². The van der Waals surface area contributed by atoms with Crippen molar-refractivity contribution in [3.63, 3.8) is 0 Å². The standard InChI is InChI=1S/C27H26O6S2/c1-34(29,30)35(31,32)26-19-25(26,18-17-24(26)28)20-33-27(21-11-5-2-6-12-21,22-13-7-3-8-14-22)23-15-9-4-10-16-23/h2-16H,17-20H2,1H3/t25-,26+/m1/s1. The first-order valence-electron chi connectivity index (χ1n) is 11.4. The van der Waals surface area contributed by atoms with Crippen LogP contribution in [0.5, 0.6) is 0 Å². The Kier molecular flexibility index (Phi) is 5.54. The molecule has 2 aliphatic carbocycles. The van der Waals surface area contributed by atoms with Crippen LogP contribution >= 0.6 is 0 Å². The van der Waals surface area contributed by atoms with E-state index in [1.807, 2.05) is 91.0 Å². The van der Waals surface area contributed by atoms with E-state index < -0.39 is 39.3 Å². The summed E-state index contributed by atoms with van der Waals surface area (Å²) in [6.07, 6.45) is 0.916. The number of rotatable bonds is 8. The van der Waals surface area contributed by atoms with Crippen LogP contribution in [0.25, 0.3) is 0 Å². The van der Waals surface area contributed by atoms with Gasteiger partial charge in [-0.3, -0.25) is 4.79 Å². The van der Waals surface area contributed by atoms with Gasteiger partial charge < -0.3 is 4.74 Å². The Hall–Kier alpha value is -2.81. The smallest absolute Gasteiger partial charge is 0.266 e. The Morgan fingerprint density at radius 2 is 1.20 bits per heavy atom. The van der Waals surface area contributed by atoms with Gasteiger partial charge in [0.1, 0.15) is 5.60 Å². The maximum absolute atomic E-state index is 13.1. The monoisotopic (exact) mass is 510 g/mol. The maximum Gasteiger partial charge on any atom is 0.266 e. The third-order valence-electron chi connectivity index (χ3n) is 7.53. The van der Waals surface area contributed by atoms with Crippen molar-refractivity contribution in [2.75, 3.05) is 12.9 Å². The summed E-state index contributed by atoms with van der Waals surface area (Å²) in [6, 6.07) is 28.9. The second-order valence-corrected chi connectivity index (χ2v) is 15.6. The van der Waals surface area contributed by atoms with Crippen molar-refractivity contribution >= 4 is 23.5 Å². The molecule has 6 nitrogen and oxygen atoms in total. The first-order valence-corrected chi connectivity index (χ1v) is 15.3. The molecular formula is C27H26O6S2. The summed E-state index contributed by atoms with van der Waals surface area (Å²) in [6.45, 7) is -0.0772. The third kappa shape index (κ3) is 3.34. The number of Topliss-reactive ketones (excluding diaryl/α,β-unsaturated/α-hetero) is 1. The molecule has 0 saturated heterocycles. The van der Waals surface area contributed by atoms with E-state index in [1.54, 1.807) is 0 Å². The molecule has 0 unspecified atom stereocenters. The van der Waals surface area contributed by atoms with E-state index in [0.29, 0.717) is 6.26 Å². The lowest BCUT2D eigenvalue weighted by atomic mass is 9.80. The number of ether oxygens (including phenoxy) is 1. The Balaban J connectivity index is 1.65. The Morgan fingerprint density at radius 3 is 1.60 bits per heavy atom. The molecule has 182 valence electrons. The zero-order chi connectivity index (χ0) is 25.0. The van der Waals surface area contributed by atoms with Gasteiger partial charge in [0.2, 0.25) is 0 Å². The number of carbonyl (C=O) groups is 1. The highest BCUT2D eigenvalue weighted by molar-refractivity contribution is 8.67. The second-order valence-electron chi connectivity index (χ2n) is 9.43. The van der Waals surface area contributed by atoms with Crippen molar-refractivity contribution in [3.05, 3.63) is 108 Å². The van der Waals surface area contributed by atoms with E-state index in [-0.39, 0.29) is 25.9 Å². The van der Waals surface area contributed by atoms with Crippen LogP contribution in [0.4, 0.5) is 0 Å². The molecule has 8 heteroatoms. The summed E-state index contributed by atoms with van der Waals surface area (Å²) < 4.78 is 55.6. The van der Waals surface area contributed by atoms with Gasteiger partial charge in [-0.05, 0) is 29.5 Å². The fraction of sp³-hybridized carbons (Fsp3) is 0.296. The Bertz CT molecular complexity index is 1370. The minimum atomic E-state index is -4.73. The lowest BCUT2D eigenvalue weighted by Gasteiger charge is -2.37. The molecule has 2 atom stereocenters. The average molecular weight is 511 g/mol. The molecule has 0 heterocycles. The highest BCUT2D eigenvalue weighted by atomic mass is 33.2. The fourth-order valence-corrected chi connectivity index (χ4v) is 10.3. The summed E-state index contributed by atoms with van der Waals surface area (Å²) >= 11 is 0. The van der Waals surface area contributed by atoms with E-state index in [1.165, 1.54) is 0 Å². The lowest BCUT2D eigenvalue weighted by Crippen LogP contribution is -2.41. The molecule has 3 aromatic carbocycles. The van der Waals surface area contributed by atoms with Crippen LogP contribution in [0.15, 0.2) is 91.0 Å². The number of benzene rings is 3. The van der Waals surface area contributed by atoms with Crippen LogP contribution in [-0.2, 0) is 32.9 Å². The Morgan fingerprint density at radius 1 is 0.771 bits per heavy atom. The van der Waals surface area contributed by atoms with Crippen molar-refractivity contribution in [1.29, 1.82) is 0 Å². The number of ketones is 1. The van der Waals surface area contributed by atoms with Crippen LogP contribution in [-0.4, -0.2) is 40.2 Å². The van der Waals surface area contributed by atoms with Gasteiger partial charge in [0, 0.05) is 11.8 Å². The number of carbonyl (C=O) groups excluding carboxylic acids is 1. The van der Waals surface area contributed by atoms with Gasteiger partial charge in [0.15, 0.2) is 10.5 Å². The van der Waals surface area contributed by atoms with Crippen LogP contribution in [0.2, 0.25) is 0 Å². The molecule has 0 radical (unpaired) electrons. The molecule has 5 rings (SSSR count). The van der Waals surface area contributed by atoms with Crippen LogP contribution < -0.4 is 0 Å². The number of fused-ring (bicyclic) bond motifs is 1. The predicted molar refractivity (Wildman–Crippen MR) is 133 cm³/mol. The van der Waals surface area contributed by atoms with Crippen LogP contribution in [0.1, 0.15) is 36.0 Å². The minimum Gasteiger partial charge on any atom is -0.360 e. The van der Waals surface area contributed by atoms with Gasteiger partial charge in [-0.25, -0.2) is 16.8 Å². The normalized spacial score (nSPS) is 24.2. The lowest BCUT2D eigenvalue weighted by molar-refractivity contribution is -0.118. The van der Waals surface area contributed by atoms with Crippen LogP contribution in [0.3, 0.4) is 0 Å². The SMILES string of the molecule is CS(=O)(=O)S(=O)(=O)[C@]12C[C@@]1(COC(c1ccccc1)(c1ccccc1)c1ccccc1)CCC2=O. The van der Waals surface area contributed by atoms with E-state index in [2.05, 4.69) is 0 Å². The molecule has 0 bridgehead atoms. The molecule has 0 N–H and O–H groups in total. The topological polar surface area (TPSA) is 94.6 Å². The van der Waals surface area contributed by atoms with Crippen molar-refractivity contribution < 1.29 is 26.4 Å². The second kappa shape index (κ2) is 8.11. The third-order valence-corrected chi connectivity index (χ3v) is 13.2. The molecule has 2 saturated carbocycles. The van der Waals surface area contributed by atoms with Crippen molar-refractivity contribution in [3.8, 4) is 0 Å². The fourth-order valence-electron chi connectivity index (χ4n) is 5.68. The molecule has 0 aromatic heterocycles. The van der Waals surface area contributed by atoms with Crippen molar-refractivity contribution in [2.45, 2.75) is 29.6 Å². The number of hydrogen-bond donors (Lipinski definition) is 0.